The lowest BCUT2D eigenvalue weighted by Crippen LogP contribution is -2.20. The summed E-state index contributed by atoms with van der Waals surface area (Å²) in [6, 6.07) is 12.9. The minimum absolute atomic E-state index is 0.0961. The van der Waals surface area contributed by atoms with E-state index in [2.05, 4.69) is 10.2 Å². The Labute approximate surface area is 157 Å². The van der Waals surface area contributed by atoms with E-state index in [0.717, 1.165) is 11.1 Å². The SMILES string of the molecule is Cn1c(=O)c2ccccc2n2c(SCc3c(Cl)cccc3Cl)nnc12. The minimum Gasteiger partial charge on any atom is -0.279 e. The lowest BCUT2D eigenvalue weighted by molar-refractivity contribution is 0.853. The van der Waals surface area contributed by atoms with Crippen molar-refractivity contribution in [3.63, 3.8) is 0 Å². The van der Waals surface area contributed by atoms with Crippen LogP contribution in [-0.4, -0.2) is 19.2 Å². The molecule has 0 fully saturated rings. The highest BCUT2D eigenvalue weighted by Crippen LogP contribution is 2.31. The molecule has 0 aliphatic rings. The molecule has 0 unspecified atom stereocenters. The first-order valence-electron chi connectivity index (χ1n) is 7.46. The maximum absolute atomic E-state index is 12.5. The molecule has 0 aliphatic carbocycles. The van der Waals surface area contributed by atoms with E-state index in [1.165, 1.54) is 16.3 Å². The number of rotatable bonds is 3. The maximum atomic E-state index is 12.5. The minimum atomic E-state index is -0.0961. The van der Waals surface area contributed by atoms with Gasteiger partial charge < -0.3 is 0 Å². The molecular formula is C17H12Cl2N4OS. The second-order valence-corrected chi connectivity index (χ2v) is 7.25. The fourth-order valence-electron chi connectivity index (χ4n) is 2.71. The summed E-state index contributed by atoms with van der Waals surface area (Å²) < 4.78 is 3.38. The first kappa shape index (κ1) is 16.4. The van der Waals surface area contributed by atoms with Crippen molar-refractivity contribution in [2.24, 2.45) is 7.05 Å². The zero-order valence-corrected chi connectivity index (χ0v) is 15.4. The van der Waals surface area contributed by atoms with Gasteiger partial charge in [-0.25, -0.2) is 0 Å². The average molecular weight is 391 g/mol. The van der Waals surface area contributed by atoms with Crippen molar-refractivity contribution in [2.45, 2.75) is 10.9 Å². The van der Waals surface area contributed by atoms with Crippen LogP contribution < -0.4 is 5.56 Å². The normalized spacial score (nSPS) is 11.5. The Bertz CT molecular complexity index is 1150. The lowest BCUT2D eigenvalue weighted by Gasteiger charge is -2.08. The van der Waals surface area contributed by atoms with Crippen LogP contribution in [0, 0.1) is 0 Å². The van der Waals surface area contributed by atoms with E-state index in [1.807, 2.05) is 40.8 Å². The summed E-state index contributed by atoms with van der Waals surface area (Å²) in [5.74, 6) is 1.05. The Hall–Kier alpha value is -2.02. The smallest absolute Gasteiger partial charge is 0.262 e. The fraction of sp³-hybridized carbons (Fsp3) is 0.118. The standard InChI is InChI=1S/C17H12Cl2N4OS/c1-22-15(24)10-5-2-3-8-14(10)23-16(22)20-21-17(23)25-9-11-12(18)6-4-7-13(11)19/h2-8H,9H2,1H3. The van der Waals surface area contributed by atoms with E-state index in [-0.39, 0.29) is 5.56 Å². The molecule has 0 radical (unpaired) electrons. The van der Waals surface area contributed by atoms with Crippen molar-refractivity contribution < 1.29 is 0 Å². The molecule has 0 spiro atoms. The summed E-state index contributed by atoms with van der Waals surface area (Å²) in [4.78, 5) is 12.5. The van der Waals surface area contributed by atoms with E-state index in [9.17, 15) is 4.79 Å². The highest BCUT2D eigenvalue weighted by atomic mass is 35.5. The highest BCUT2D eigenvalue weighted by Gasteiger charge is 2.16. The first-order valence-corrected chi connectivity index (χ1v) is 9.20. The first-order chi connectivity index (χ1) is 12.1. The van der Waals surface area contributed by atoms with Crippen LogP contribution in [0.25, 0.3) is 16.7 Å². The van der Waals surface area contributed by atoms with E-state index >= 15 is 0 Å². The van der Waals surface area contributed by atoms with Crippen LogP contribution >= 0.6 is 35.0 Å². The van der Waals surface area contributed by atoms with Gasteiger partial charge in [-0.15, -0.1) is 10.2 Å². The number of hydrogen-bond acceptors (Lipinski definition) is 4. The van der Waals surface area contributed by atoms with E-state index in [1.54, 1.807) is 13.1 Å². The molecule has 0 bridgehead atoms. The monoisotopic (exact) mass is 390 g/mol. The third-order valence-corrected chi connectivity index (χ3v) is 5.67. The van der Waals surface area contributed by atoms with Crippen molar-refractivity contribution in [1.82, 2.24) is 19.2 Å². The van der Waals surface area contributed by atoms with E-state index in [0.29, 0.717) is 32.1 Å². The molecule has 0 N–H and O–H groups in total. The number of thioether (sulfide) groups is 1. The molecule has 25 heavy (non-hydrogen) atoms. The number of nitrogens with zero attached hydrogens (tertiary/aromatic N) is 4. The molecule has 2 aromatic carbocycles. The van der Waals surface area contributed by atoms with Gasteiger partial charge in [-0.3, -0.25) is 13.8 Å². The molecule has 4 rings (SSSR count). The summed E-state index contributed by atoms with van der Waals surface area (Å²) in [6.07, 6.45) is 0. The quantitative estimate of drug-likeness (QED) is 0.492. The van der Waals surface area contributed by atoms with Crippen LogP contribution in [0.5, 0.6) is 0 Å². The van der Waals surface area contributed by atoms with Crippen LogP contribution in [0.2, 0.25) is 10.0 Å². The molecule has 126 valence electrons. The number of aromatic nitrogens is 4. The van der Waals surface area contributed by atoms with Gasteiger partial charge in [-0.05, 0) is 29.8 Å². The fourth-order valence-corrected chi connectivity index (χ4v) is 4.39. The molecular weight excluding hydrogens is 379 g/mol. The Balaban J connectivity index is 1.85. The number of halogens is 2. The molecule has 0 aliphatic heterocycles. The topological polar surface area (TPSA) is 52.2 Å². The van der Waals surface area contributed by atoms with Crippen LogP contribution in [0.3, 0.4) is 0 Å². The van der Waals surface area contributed by atoms with Crippen molar-refractivity contribution in [3.8, 4) is 0 Å². The van der Waals surface area contributed by atoms with Crippen molar-refractivity contribution in [1.29, 1.82) is 0 Å². The molecule has 2 aromatic heterocycles. The summed E-state index contributed by atoms with van der Waals surface area (Å²) in [5.41, 5.74) is 1.53. The predicted molar refractivity (Wildman–Crippen MR) is 102 cm³/mol. The Morgan fingerprint density at radius 2 is 1.76 bits per heavy atom. The van der Waals surface area contributed by atoms with Gasteiger partial charge in [-0.2, -0.15) is 0 Å². The van der Waals surface area contributed by atoms with Gasteiger partial charge in [0.25, 0.3) is 5.56 Å². The van der Waals surface area contributed by atoms with E-state index in [4.69, 9.17) is 23.2 Å². The number of benzene rings is 2. The second-order valence-electron chi connectivity index (χ2n) is 5.49. The summed E-state index contributed by atoms with van der Waals surface area (Å²) >= 11 is 14.0. The number of aryl methyl sites for hydroxylation is 1. The number of fused-ring (bicyclic) bond motifs is 3. The number of para-hydroxylation sites is 1. The molecule has 0 amide bonds. The average Bonchev–Trinajstić information content (AvgIpc) is 3.03. The third-order valence-electron chi connectivity index (χ3n) is 4.00. The summed E-state index contributed by atoms with van der Waals surface area (Å²) in [5, 5.41) is 11.0. The van der Waals surface area contributed by atoms with Gasteiger partial charge in [0.1, 0.15) is 0 Å². The van der Waals surface area contributed by atoms with Gasteiger partial charge in [0.2, 0.25) is 5.78 Å². The second kappa shape index (κ2) is 6.37. The van der Waals surface area contributed by atoms with Gasteiger partial charge in [0.05, 0.1) is 10.9 Å². The van der Waals surface area contributed by atoms with Crippen LogP contribution in [0.15, 0.2) is 52.4 Å². The zero-order valence-electron chi connectivity index (χ0n) is 13.1. The molecule has 4 aromatic rings. The van der Waals surface area contributed by atoms with Crippen molar-refractivity contribution >= 4 is 51.6 Å². The number of hydrogen-bond donors (Lipinski definition) is 0. The van der Waals surface area contributed by atoms with Gasteiger partial charge in [-0.1, -0.05) is 53.2 Å². The van der Waals surface area contributed by atoms with Gasteiger partial charge in [0, 0.05) is 22.8 Å². The molecule has 0 saturated heterocycles. The Kier molecular flexibility index (Phi) is 4.19. The largest absolute Gasteiger partial charge is 0.279 e. The highest BCUT2D eigenvalue weighted by molar-refractivity contribution is 7.98. The maximum Gasteiger partial charge on any atom is 0.262 e. The Morgan fingerprint density at radius 3 is 2.52 bits per heavy atom. The van der Waals surface area contributed by atoms with E-state index < -0.39 is 0 Å². The van der Waals surface area contributed by atoms with Gasteiger partial charge >= 0.3 is 0 Å². The third kappa shape index (κ3) is 2.70. The van der Waals surface area contributed by atoms with Crippen LogP contribution in [0.1, 0.15) is 5.56 Å². The predicted octanol–water partition coefficient (Wildman–Crippen LogP) is 4.18. The molecule has 8 heteroatoms. The van der Waals surface area contributed by atoms with Crippen LogP contribution in [-0.2, 0) is 12.8 Å². The van der Waals surface area contributed by atoms with Crippen LogP contribution in [0.4, 0.5) is 0 Å². The Morgan fingerprint density at radius 1 is 1.04 bits per heavy atom. The molecule has 0 atom stereocenters. The molecule has 0 saturated carbocycles. The summed E-state index contributed by atoms with van der Waals surface area (Å²) in [7, 11) is 1.69. The molecule has 2 heterocycles. The zero-order chi connectivity index (χ0) is 17.6. The van der Waals surface area contributed by atoms with Crippen molar-refractivity contribution in [2.75, 3.05) is 0 Å². The van der Waals surface area contributed by atoms with Crippen molar-refractivity contribution in [3.05, 3.63) is 68.4 Å². The molecule has 5 nitrogen and oxygen atoms in total. The van der Waals surface area contributed by atoms with Gasteiger partial charge in [0.15, 0.2) is 5.16 Å². The lowest BCUT2D eigenvalue weighted by atomic mass is 10.2. The summed E-state index contributed by atoms with van der Waals surface area (Å²) in [6.45, 7) is 0.